The number of hydrogen-bond donors (Lipinski definition) is 0. The minimum atomic E-state index is -3.11. The molecular weight excluding hydrogens is 312 g/mol. The Balaban J connectivity index is 1.69. The van der Waals surface area contributed by atoms with Gasteiger partial charge in [-0.1, -0.05) is 24.3 Å². The molecule has 0 amide bonds. The van der Waals surface area contributed by atoms with E-state index in [1.807, 2.05) is 0 Å². The molecule has 2 saturated heterocycles. The highest BCUT2D eigenvalue weighted by molar-refractivity contribution is 7.89. The summed E-state index contributed by atoms with van der Waals surface area (Å²) in [5.41, 5.74) is 2.75. The number of benzene rings is 1. The molecule has 1 aromatic rings. The summed E-state index contributed by atoms with van der Waals surface area (Å²) in [5, 5.41) is 0. The lowest BCUT2D eigenvalue weighted by atomic mass is 9.93. The molecule has 0 unspecified atom stereocenters. The highest BCUT2D eigenvalue weighted by atomic mass is 32.2. The van der Waals surface area contributed by atoms with Crippen LogP contribution in [0.5, 0.6) is 0 Å². The molecule has 4 rings (SSSR count). The van der Waals surface area contributed by atoms with Crippen LogP contribution in [0.3, 0.4) is 0 Å². The Bertz CT molecular complexity index is 685. The van der Waals surface area contributed by atoms with Gasteiger partial charge in [-0.2, -0.15) is 0 Å². The lowest BCUT2D eigenvalue weighted by Crippen LogP contribution is -2.42. The van der Waals surface area contributed by atoms with Gasteiger partial charge >= 0.3 is 0 Å². The Labute approximate surface area is 138 Å². The average Bonchev–Trinajstić information content (AvgIpc) is 3.13. The third-order valence-corrected chi connectivity index (χ3v) is 7.46. The summed E-state index contributed by atoms with van der Waals surface area (Å²) in [6.07, 6.45) is 0. The summed E-state index contributed by atoms with van der Waals surface area (Å²) in [6, 6.07) is 8.93. The van der Waals surface area contributed by atoms with Gasteiger partial charge in [-0.15, -0.1) is 0 Å². The van der Waals surface area contributed by atoms with E-state index in [0.717, 1.165) is 26.3 Å². The van der Waals surface area contributed by atoms with Crippen LogP contribution >= 0.6 is 0 Å². The van der Waals surface area contributed by atoms with E-state index in [4.69, 9.17) is 4.74 Å². The first-order chi connectivity index (χ1) is 11.1. The Hall–Kier alpha value is -0.950. The second-order valence-corrected chi connectivity index (χ2v) is 8.97. The van der Waals surface area contributed by atoms with Crippen LogP contribution in [-0.4, -0.2) is 62.8 Å². The van der Waals surface area contributed by atoms with E-state index in [1.54, 1.807) is 11.2 Å². The third-order valence-electron chi connectivity index (χ3n) is 5.65. The molecule has 0 saturated carbocycles. The monoisotopic (exact) mass is 336 g/mol. The number of hydrogen-bond acceptors (Lipinski definition) is 4. The average molecular weight is 336 g/mol. The van der Waals surface area contributed by atoms with Crippen molar-refractivity contribution >= 4 is 10.0 Å². The van der Waals surface area contributed by atoms with Crippen molar-refractivity contribution in [1.29, 1.82) is 0 Å². The molecule has 0 spiro atoms. The zero-order valence-corrected chi connectivity index (χ0v) is 14.3. The number of rotatable bonds is 3. The summed E-state index contributed by atoms with van der Waals surface area (Å²) in [7, 11) is -3.11. The number of sulfonamides is 1. The first-order valence-corrected chi connectivity index (χ1v) is 10.1. The molecule has 0 aromatic heterocycles. The predicted molar refractivity (Wildman–Crippen MR) is 88.8 cm³/mol. The first-order valence-electron chi connectivity index (χ1n) is 8.50. The fraction of sp³-hybridized carbons (Fsp3) is 0.647. The highest BCUT2D eigenvalue weighted by Gasteiger charge is 2.50. The molecule has 2 fully saturated rings. The second kappa shape index (κ2) is 5.84. The quantitative estimate of drug-likeness (QED) is 0.838. The molecule has 3 atom stereocenters. The maximum atomic E-state index is 12.3. The first kappa shape index (κ1) is 15.6. The summed E-state index contributed by atoms with van der Waals surface area (Å²) in [6.45, 7) is 6.43. The second-order valence-electron chi connectivity index (χ2n) is 6.71. The molecule has 1 aliphatic carbocycles. The van der Waals surface area contributed by atoms with Crippen molar-refractivity contribution in [2.75, 3.05) is 45.1 Å². The zero-order valence-electron chi connectivity index (χ0n) is 13.5. The van der Waals surface area contributed by atoms with Crippen LogP contribution in [0.2, 0.25) is 0 Å². The molecule has 2 heterocycles. The molecule has 0 bridgehead atoms. The predicted octanol–water partition coefficient (Wildman–Crippen LogP) is 1.44. The Morgan fingerprint density at radius 2 is 1.83 bits per heavy atom. The van der Waals surface area contributed by atoms with Crippen molar-refractivity contribution in [3.8, 4) is 0 Å². The Kier molecular flexibility index (Phi) is 3.96. The van der Waals surface area contributed by atoms with Crippen LogP contribution in [0.15, 0.2) is 24.3 Å². The smallest absolute Gasteiger partial charge is 0.213 e. The van der Waals surface area contributed by atoms with Gasteiger partial charge in [0.05, 0.1) is 19.0 Å². The fourth-order valence-electron chi connectivity index (χ4n) is 4.52. The standard InChI is InChI=1S/C17H24N2O3S/c1-2-23(20,21)19-11-15-13-5-3-4-6-14(13)17(16(15)12-19)18-7-9-22-10-8-18/h3-6,15-17H,2,7-12H2,1H3/t15-,16-,17-/m0/s1. The van der Waals surface area contributed by atoms with E-state index >= 15 is 0 Å². The van der Waals surface area contributed by atoms with Crippen molar-refractivity contribution < 1.29 is 13.2 Å². The normalized spacial score (nSPS) is 32.0. The van der Waals surface area contributed by atoms with Gasteiger partial charge < -0.3 is 4.74 Å². The molecule has 6 heteroatoms. The van der Waals surface area contributed by atoms with Crippen molar-refractivity contribution in [2.24, 2.45) is 5.92 Å². The fourth-order valence-corrected chi connectivity index (χ4v) is 5.67. The number of ether oxygens (including phenoxy) is 1. The van der Waals surface area contributed by atoms with Gasteiger partial charge in [0.15, 0.2) is 0 Å². The number of morpholine rings is 1. The van der Waals surface area contributed by atoms with Crippen LogP contribution in [0.1, 0.15) is 30.0 Å². The zero-order chi connectivity index (χ0) is 16.0. The van der Waals surface area contributed by atoms with Gasteiger partial charge in [0, 0.05) is 44.1 Å². The van der Waals surface area contributed by atoms with Crippen molar-refractivity contribution in [1.82, 2.24) is 9.21 Å². The Morgan fingerprint density at radius 1 is 1.13 bits per heavy atom. The van der Waals surface area contributed by atoms with Crippen molar-refractivity contribution in [3.05, 3.63) is 35.4 Å². The lowest BCUT2D eigenvalue weighted by Gasteiger charge is -2.36. The topological polar surface area (TPSA) is 49.9 Å². The van der Waals surface area contributed by atoms with Crippen LogP contribution in [0.4, 0.5) is 0 Å². The maximum absolute atomic E-state index is 12.3. The van der Waals surface area contributed by atoms with Gasteiger partial charge in [0.25, 0.3) is 0 Å². The summed E-state index contributed by atoms with van der Waals surface area (Å²) in [5.74, 6) is 0.892. The molecule has 3 aliphatic rings. The maximum Gasteiger partial charge on any atom is 0.213 e. The van der Waals surface area contributed by atoms with Crippen LogP contribution in [0, 0.1) is 5.92 Å². The highest BCUT2D eigenvalue weighted by Crippen LogP contribution is 2.52. The van der Waals surface area contributed by atoms with Crippen LogP contribution in [-0.2, 0) is 14.8 Å². The minimum Gasteiger partial charge on any atom is -0.379 e. The summed E-state index contributed by atoms with van der Waals surface area (Å²) < 4.78 is 31.9. The van der Waals surface area contributed by atoms with Gasteiger partial charge in [-0.3, -0.25) is 4.90 Å². The molecular formula is C17H24N2O3S. The van der Waals surface area contributed by atoms with E-state index in [0.29, 0.717) is 31.0 Å². The van der Waals surface area contributed by atoms with E-state index in [1.165, 1.54) is 11.1 Å². The number of nitrogens with zero attached hydrogens (tertiary/aromatic N) is 2. The van der Waals surface area contributed by atoms with Crippen molar-refractivity contribution in [2.45, 2.75) is 18.9 Å². The van der Waals surface area contributed by atoms with Crippen LogP contribution < -0.4 is 0 Å². The van der Waals surface area contributed by atoms with Crippen molar-refractivity contribution in [3.63, 3.8) is 0 Å². The van der Waals surface area contributed by atoms with E-state index in [2.05, 4.69) is 29.2 Å². The van der Waals surface area contributed by atoms with E-state index in [9.17, 15) is 8.42 Å². The largest absolute Gasteiger partial charge is 0.379 e. The van der Waals surface area contributed by atoms with Gasteiger partial charge in [0.2, 0.25) is 10.0 Å². The van der Waals surface area contributed by atoms with E-state index in [-0.39, 0.29) is 5.75 Å². The molecule has 0 radical (unpaired) electrons. The Morgan fingerprint density at radius 3 is 2.52 bits per heavy atom. The molecule has 1 aromatic carbocycles. The summed E-state index contributed by atoms with van der Waals surface area (Å²) >= 11 is 0. The summed E-state index contributed by atoms with van der Waals surface area (Å²) in [4.78, 5) is 2.50. The lowest BCUT2D eigenvalue weighted by molar-refractivity contribution is 0.00539. The molecule has 126 valence electrons. The van der Waals surface area contributed by atoms with Gasteiger partial charge in [-0.05, 0) is 18.1 Å². The molecule has 5 nitrogen and oxygen atoms in total. The molecule has 23 heavy (non-hydrogen) atoms. The third kappa shape index (κ3) is 2.52. The molecule has 0 N–H and O–H groups in total. The van der Waals surface area contributed by atoms with Gasteiger partial charge in [0.1, 0.15) is 0 Å². The number of fused-ring (bicyclic) bond motifs is 3. The molecule has 2 aliphatic heterocycles. The van der Waals surface area contributed by atoms with E-state index < -0.39 is 10.0 Å². The van der Waals surface area contributed by atoms with Gasteiger partial charge in [-0.25, -0.2) is 12.7 Å². The minimum absolute atomic E-state index is 0.191. The van der Waals surface area contributed by atoms with Crippen LogP contribution in [0.25, 0.3) is 0 Å². The SMILES string of the molecule is CCS(=O)(=O)N1C[C@H]2[C@@H](C1)c1ccccc1[C@@H]2N1CCOCC1.